The van der Waals surface area contributed by atoms with Crippen LogP contribution >= 0.6 is 0 Å². The molecule has 0 aliphatic heterocycles. The summed E-state index contributed by atoms with van der Waals surface area (Å²) >= 11 is 0. The summed E-state index contributed by atoms with van der Waals surface area (Å²) in [4.78, 5) is 36.4. The quantitative estimate of drug-likeness (QED) is 0.619. The number of hydrogen-bond acceptors (Lipinski definition) is 4. The highest BCUT2D eigenvalue weighted by Gasteiger charge is 2.52. The van der Waals surface area contributed by atoms with Crippen LogP contribution in [0.25, 0.3) is 0 Å². The second-order valence-corrected chi connectivity index (χ2v) is 6.04. The molecule has 1 saturated carbocycles. The molecule has 1 aromatic rings. The summed E-state index contributed by atoms with van der Waals surface area (Å²) in [7, 11) is 0. The summed E-state index contributed by atoms with van der Waals surface area (Å²) in [5.41, 5.74) is 0.979. The summed E-state index contributed by atoms with van der Waals surface area (Å²) in [5.74, 6) is -0.894. The summed E-state index contributed by atoms with van der Waals surface area (Å²) in [5, 5.41) is 5.59. The second-order valence-electron chi connectivity index (χ2n) is 6.04. The van der Waals surface area contributed by atoms with E-state index in [9.17, 15) is 14.4 Å². The van der Waals surface area contributed by atoms with Gasteiger partial charge < -0.3 is 15.4 Å². The van der Waals surface area contributed by atoms with Crippen molar-refractivity contribution in [2.24, 2.45) is 5.41 Å². The molecule has 0 aromatic heterocycles. The van der Waals surface area contributed by atoms with Crippen molar-refractivity contribution in [1.29, 1.82) is 0 Å². The molecule has 0 unspecified atom stereocenters. The molecule has 1 aliphatic carbocycles. The molecule has 2 rings (SSSR count). The first-order valence-electron chi connectivity index (χ1n) is 8.32. The molecule has 0 atom stereocenters. The van der Waals surface area contributed by atoms with Crippen molar-refractivity contribution in [2.75, 3.05) is 17.2 Å². The van der Waals surface area contributed by atoms with Crippen molar-refractivity contribution >= 4 is 29.2 Å². The van der Waals surface area contributed by atoms with E-state index in [2.05, 4.69) is 10.6 Å². The van der Waals surface area contributed by atoms with E-state index < -0.39 is 11.4 Å². The Labute approximate surface area is 142 Å². The van der Waals surface area contributed by atoms with Gasteiger partial charge in [-0.1, -0.05) is 19.4 Å². The third-order valence-electron chi connectivity index (χ3n) is 4.40. The largest absolute Gasteiger partial charge is 0.465 e. The van der Waals surface area contributed by atoms with Crippen molar-refractivity contribution in [2.45, 2.75) is 46.5 Å². The number of aryl methyl sites for hydroxylation is 1. The van der Waals surface area contributed by atoms with Crippen molar-refractivity contribution in [3.63, 3.8) is 0 Å². The Balaban J connectivity index is 2.17. The number of carbonyl (C=O) groups is 3. The topological polar surface area (TPSA) is 84.5 Å². The van der Waals surface area contributed by atoms with Gasteiger partial charge in [0.1, 0.15) is 5.41 Å². The molecule has 0 saturated heterocycles. The van der Waals surface area contributed by atoms with Gasteiger partial charge in [-0.15, -0.1) is 0 Å². The van der Waals surface area contributed by atoms with Crippen molar-refractivity contribution in [3.05, 3.63) is 23.8 Å². The third-order valence-corrected chi connectivity index (χ3v) is 4.40. The summed E-state index contributed by atoms with van der Waals surface area (Å²) in [6, 6.07) is 5.31. The molecule has 2 N–H and O–H groups in total. The molecule has 6 heteroatoms. The number of hydrogen-bond donors (Lipinski definition) is 2. The minimum atomic E-state index is -1.08. The average Bonchev–Trinajstić information content (AvgIpc) is 2.49. The van der Waals surface area contributed by atoms with Gasteiger partial charge in [-0.3, -0.25) is 14.4 Å². The molecule has 0 radical (unpaired) electrons. The Bertz CT molecular complexity index is 650. The lowest BCUT2D eigenvalue weighted by Gasteiger charge is -2.37. The maximum Gasteiger partial charge on any atom is 0.321 e. The summed E-state index contributed by atoms with van der Waals surface area (Å²) in [6.07, 6.45) is 2.21. The fraction of sp³-hybridized carbons (Fsp3) is 0.500. The van der Waals surface area contributed by atoms with E-state index >= 15 is 0 Å². The van der Waals surface area contributed by atoms with Crippen LogP contribution in [0, 0.1) is 12.3 Å². The van der Waals surface area contributed by atoms with Crippen LogP contribution in [0.1, 0.15) is 45.1 Å². The van der Waals surface area contributed by atoms with Crippen molar-refractivity contribution < 1.29 is 19.1 Å². The van der Waals surface area contributed by atoms with Crippen LogP contribution in [0.15, 0.2) is 18.2 Å². The first-order chi connectivity index (χ1) is 11.4. The number of nitrogens with one attached hydrogen (secondary N) is 2. The number of ether oxygens (including phenoxy) is 1. The van der Waals surface area contributed by atoms with Crippen LogP contribution in [0.4, 0.5) is 11.4 Å². The molecular formula is C18H24N2O4. The number of amides is 2. The lowest BCUT2D eigenvalue weighted by Crippen LogP contribution is -2.49. The predicted octanol–water partition coefficient (Wildman–Crippen LogP) is 3.02. The molecule has 1 aliphatic rings. The number of carbonyl (C=O) groups excluding carboxylic acids is 3. The molecule has 24 heavy (non-hydrogen) atoms. The monoisotopic (exact) mass is 332 g/mol. The van der Waals surface area contributed by atoms with Crippen molar-refractivity contribution in [3.8, 4) is 0 Å². The van der Waals surface area contributed by atoms with E-state index in [-0.39, 0.29) is 18.4 Å². The first-order valence-corrected chi connectivity index (χ1v) is 8.32. The maximum absolute atomic E-state index is 12.7. The highest BCUT2D eigenvalue weighted by Crippen LogP contribution is 2.43. The maximum atomic E-state index is 12.7. The fourth-order valence-electron chi connectivity index (χ4n) is 2.65. The van der Waals surface area contributed by atoms with Gasteiger partial charge in [0.05, 0.1) is 6.61 Å². The fourth-order valence-corrected chi connectivity index (χ4v) is 2.65. The zero-order valence-corrected chi connectivity index (χ0v) is 14.4. The minimum Gasteiger partial charge on any atom is -0.465 e. The van der Waals surface area contributed by atoms with Crippen LogP contribution in [0.5, 0.6) is 0 Å². The van der Waals surface area contributed by atoms with Crippen LogP contribution in [-0.2, 0) is 19.1 Å². The summed E-state index contributed by atoms with van der Waals surface area (Å²) < 4.78 is 5.07. The number of esters is 1. The van der Waals surface area contributed by atoms with E-state index in [0.29, 0.717) is 30.6 Å². The zero-order valence-electron chi connectivity index (χ0n) is 14.4. The van der Waals surface area contributed by atoms with Gasteiger partial charge in [-0.05, 0) is 44.4 Å². The Morgan fingerprint density at radius 3 is 2.42 bits per heavy atom. The predicted molar refractivity (Wildman–Crippen MR) is 91.6 cm³/mol. The number of anilines is 2. The average molecular weight is 332 g/mol. The first kappa shape index (κ1) is 18.0. The number of benzene rings is 1. The van der Waals surface area contributed by atoms with E-state index in [1.807, 2.05) is 13.0 Å². The molecule has 0 bridgehead atoms. The van der Waals surface area contributed by atoms with Gasteiger partial charge in [0.15, 0.2) is 0 Å². The van der Waals surface area contributed by atoms with Gasteiger partial charge in [0.2, 0.25) is 11.8 Å². The number of rotatable bonds is 6. The highest BCUT2D eigenvalue weighted by atomic mass is 16.5. The van der Waals surface area contributed by atoms with E-state index in [4.69, 9.17) is 4.74 Å². The van der Waals surface area contributed by atoms with E-state index in [1.54, 1.807) is 26.0 Å². The highest BCUT2D eigenvalue weighted by molar-refractivity contribution is 6.10. The second kappa shape index (κ2) is 7.47. The van der Waals surface area contributed by atoms with E-state index in [0.717, 1.165) is 12.0 Å². The van der Waals surface area contributed by atoms with Gasteiger partial charge in [0, 0.05) is 17.8 Å². The molecule has 130 valence electrons. The van der Waals surface area contributed by atoms with Gasteiger partial charge >= 0.3 is 5.97 Å². The smallest absolute Gasteiger partial charge is 0.321 e. The molecule has 0 spiro atoms. The zero-order chi connectivity index (χ0) is 17.7. The van der Waals surface area contributed by atoms with Crippen LogP contribution in [-0.4, -0.2) is 24.4 Å². The van der Waals surface area contributed by atoms with Crippen molar-refractivity contribution in [1.82, 2.24) is 0 Å². The Morgan fingerprint density at radius 1 is 1.17 bits per heavy atom. The Morgan fingerprint density at radius 2 is 1.88 bits per heavy atom. The molecule has 2 amide bonds. The van der Waals surface area contributed by atoms with Crippen LogP contribution in [0.2, 0.25) is 0 Å². The third kappa shape index (κ3) is 3.58. The molecule has 1 fully saturated rings. The Kier molecular flexibility index (Phi) is 5.59. The van der Waals surface area contributed by atoms with Crippen LogP contribution < -0.4 is 10.6 Å². The van der Waals surface area contributed by atoms with Gasteiger partial charge in [-0.25, -0.2) is 0 Å². The van der Waals surface area contributed by atoms with Gasteiger partial charge in [0.25, 0.3) is 0 Å². The van der Waals surface area contributed by atoms with Gasteiger partial charge in [-0.2, -0.15) is 0 Å². The lowest BCUT2D eigenvalue weighted by atomic mass is 9.68. The molecule has 1 aromatic carbocycles. The Hall–Kier alpha value is -2.37. The summed E-state index contributed by atoms with van der Waals surface area (Å²) in [6.45, 7) is 5.61. The van der Waals surface area contributed by atoms with Crippen LogP contribution in [0.3, 0.4) is 0 Å². The van der Waals surface area contributed by atoms with E-state index in [1.165, 1.54) is 0 Å². The SMILES string of the molecule is CCOC(=O)C1(C(=O)Nc2cc(NC(=O)CC)ccc2C)CCC1. The molecule has 0 heterocycles. The molecular weight excluding hydrogens is 308 g/mol. The minimum absolute atomic E-state index is 0.0990. The normalized spacial score (nSPS) is 15.1. The molecule has 6 nitrogen and oxygen atoms in total. The lowest BCUT2D eigenvalue weighted by molar-refractivity contribution is -0.165. The standard InChI is InChI=1S/C18H24N2O4/c1-4-15(21)19-13-8-7-12(3)14(11-13)20-16(22)18(9-6-10-18)17(23)24-5-2/h7-8,11H,4-6,9-10H2,1-3H3,(H,19,21)(H,20,22).